The fourth-order valence-corrected chi connectivity index (χ4v) is 1.61. The van der Waals surface area contributed by atoms with Crippen LogP contribution in [0, 0.1) is 12.3 Å². The van der Waals surface area contributed by atoms with Gasteiger partial charge >= 0.3 is 0 Å². The van der Waals surface area contributed by atoms with E-state index in [0.717, 1.165) is 18.9 Å². The zero-order chi connectivity index (χ0) is 12.5. The molecule has 0 aliphatic carbocycles. The molecule has 3 nitrogen and oxygen atoms in total. The first kappa shape index (κ1) is 13.1. The van der Waals surface area contributed by atoms with E-state index in [4.69, 9.17) is 6.42 Å². The van der Waals surface area contributed by atoms with Gasteiger partial charge in [0.1, 0.15) is 0 Å². The monoisotopic (exact) mass is 229 g/mol. The summed E-state index contributed by atoms with van der Waals surface area (Å²) in [7, 11) is 1.73. The Labute approximate surface area is 103 Å². The second kappa shape index (κ2) is 7.34. The Hall–Kier alpha value is -1.95. The summed E-state index contributed by atoms with van der Waals surface area (Å²) < 4.78 is 0. The standard InChI is InChI=1S/C14H19N3/c1-4-10-16-14(15-3)17-11-13-9-7-6-8-12(13)5-2/h1,6-9H,5,10-11H2,2-3H3,(H2,15,16,17). The van der Waals surface area contributed by atoms with Crippen LogP contribution in [0.1, 0.15) is 18.1 Å². The van der Waals surface area contributed by atoms with Gasteiger partial charge in [0.25, 0.3) is 0 Å². The van der Waals surface area contributed by atoms with Gasteiger partial charge in [-0.15, -0.1) is 6.42 Å². The summed E-state index contributed by atoms with van der Waals surface area (Å²) in [5.41, 5.74) is 2.64. The number of nitrogens with one attached hydrogen (secondary N) is 2. The molecule has 0 aliphatic heterocycles. The lowest BCUT2D eigenvalue weighted by molar-refractivity contribution is 0.839. The highest BCUT2D eigenvalue weighted by atomic mass is 15.2. The van der Waals surface area contributed by atoms with Gasteiger partial charge in [0.05, 0.1) is 6.54 Å². The third-order valence-corrected chi connectivity index (χ3v) is 2.53. The Morgan fingerprint density at radius 2 is 2.00 bits per heavy atom. The van der Waals surface area contributed by atoms with Crippen molar-refractivity contribution in [2.45, 2.75) is 19.9 Å². The van der Waals surface area contributed by atoms with Crippen LogP contribution in [-0.4, -0.2) is 19.6 Å². The number of benzene rings is 1. The average Bonchev–Trinajstić information content (AvgIpc) is 2.39. The molecule has 0 saturated heterocycles. The maximum absolute atomic E-state index is 5.19. The highest BCUT2D eigenvalue weighted by Crippen LogP contribution is 2.08. The van der Waals surface area contributed by atoms with Gasteiger partial charge in [0, 0.05) is 13.6 Å². The Kier molecular flexibility index (Phi) is 5.67. The van der Waals surface area contributed by atoms with Crippen LogP contribution in [0.4, 0.5) is 0 Å². The van der Waals surface area contributed by atoms with Gasteiger partial charge in [-0.05, 0) is 17.5 Å². The molecule has 2 N–H and O–H groups in total. The molecule has 0 bridgehead atoms. The quantitative estimate of drug-likeness (QED) is 0.467. The maximum Gasteiger partial charge on any atom is 0.192 e. The highest BCUT2D eigenvalue weighted by Gasteiger charge is 2.00. The first-order chi connectivity index (χ1) is 8.31. The van der Waals surface area contributed by atoms with Gasteiger partial charge in [-0.3, -0.25) is 4.99 Å². The van der Waals surface area contributed by atoms with Gasteiger partial charge < -0.3 is 10.6 Å². The van der Waals surface area contributed by atoms with Gasteiger partial charge in [-0.1, -0.05) is 37.1 Å². The molecule has 0 atom stereocenters. The van der Waals surface area contributed by atoms with E-state index in [1.807, 2.05) is 6.07 Å². The van der Waals surface area contributed by atoms with E-state index in [9.17, 15) is 0 Å². The lowest BCUT2D eigenvalue weighted by Crippen LogP contribution is -2.37. The van der Waals surface area contributed by atoms with Crippen LogP contribution < -0.4 is 10.6 Å². The number of aliphatic imine (C=N–C) groups is 1. The van der Waals surface area contributed by atoms with Crippen molar-refractivity contribution in [1.82, 2.24) is 10.6 Å². The van der Waals surface area contributed by atoms with E-state index in [1.165, 1.54) is 11.1 Å². The Bertz CT molecular complexity index is 416. The molecule has 1 aromatic carbocycles. The molecular weight excluding hydrogens is 210 g/mol. The molecule has 0 aliphatic rings. The fourth-order valence-electron chi connectivity index (χ4n) is 1.61. The van der Waals surface area contributed by atoms with Crippen LogP contribution >= 0.6 is 0 Å². The summed E-state index contributed by atoms with van der Waals surface area (Å²) in [5, 5.41) is 6.27. The molecule has 0 aromatic heterocycles. The minimum atomic E-state index is 0.481. The minimum absolute atomic E-state index is 0.481. The Balaban J connectivity index is 2.57. The molecule has 17 heavy (non-hydrogen) atoms. The summed E-state index contributed by atoms with van der Waals surface area (Å²) >= 11 is 0. The van der Waals surface area contributed by atoms with Gasteiger partial charge in [0.2, 0.25) is 0 Å². The molecule has 0 heterocycles. The summed E-state index contributed by atoms with van der Waals surface area (Å²) in [4.78, 5) is 4.09. The van der Waals surface area contributed by atoms with Crippen molar-refractivity contribution in [2.75, 3.05) is 13.6 Å². The van der Waals surface area contributed by atoms with Crippen molar-refractivity contribution in [1.29, 1.82) is 0 Å². The Morgan fingerprint density at radius 1 is 1.29 bits per heavy atom. The third-order valence-electron chi connectivity index (χ3n) is 2.53. The van der Waals surface area contributed by atoms with Crippen LogP contribution in [0.5, 0.6) is 0 Å². The average molecular weight is 229 g/mol. The predicted octanol–water partition coefficient (Wildman–Crippen LogP) is 1.55. The molecule has 1 rings (SSSR count). The van der Waals surface area contributed by atoms with Crippen LogP contribution in [0.3, 0.4) is 0 Å². The highest BCUT2D eigenvalue weighted by molar-refractivity contribution is 5.79. The number of aryl methyl sites for hydroxylation is 1. The fraction of sp³-hybridized carbons (Fsp3) is 0.357. The maximum atomic E-state index is 5.19. The van der Waals surface area contributed by atoms with Crippen molar-refractivity contribution in [3.05, 3.63) is 35.4 Å². The molecular formula is C14H19N3. The largest absolute Gasteiger partial charge is 0.352 e. The Morgan fingerprint density at radius 3 is 2.59 bits per heavy atom. The summed E-state index contributed by atoms with van der Waals surface area (Å²) in [6, 6.07) is 8.39. The molecule has 0 unspecified atom stereocenters. The summed E-state index contributed by atoms with van der Waals surface area (Å²) in [6.45, 7) is 3.40. The number of hydrogen-bond acceptors (Lipinski definition) is 1. The third kappa shape index (κ3) is 4.20. The van der Waals surface area contributed by atoms with Crippen LogP contribution in [0.2, 0.25) is 0 Å². The first-order valence-corrected chi connectivity index (χ1v) is 5.76. The van der Waals surface area contributed by atoms with E-state index in [2.05, 4.69) is 46.7 Å². The molecule has 90 valence electrons. The van der Waals surface area contributed by atoms with Crippen LogP contribution in [-0.2, 0) is 13.0 Å². The number of terminal acetylenes is 1. The molecule has 0 spiro atoms. The topological polar surface area (TPSA) is 36.4 Å². The SMILES string of the molecule is C#CCNC(=NC)NCc1ccccc1CC. The van der Waals surface area contributed by atoms with Crippen LogP contribution in [0.25, 0.3) is 0 Å². The van der Waals surface area contributed by atoms with E-state index in [1.54, 1.807) is 7.05 Å². The lowest BCUT2D eigenvalue weighted by Gasteiger charge is -2.12. The number of guanidine groups is 1. The van der Waals surface area contributed by atoms with Gasteiger partial charge in [0.15, 0.2) is 5.96 Å². The van der Waals surface area contributed by atoms with Gasteiger partial charge in [-0.25, -0.2) is 0 Å². The zero-order valence-corrected chi connectivity index (χ0v) is 10.5. The zero-order valence-electron chi connectivity index (χ0n) is 10.5. The van der Waals surface area contributed by atoms with Gasteiger partial charge in [-0.2, -0.15) is 0 Å². The number of hydrogen-bond donors (Lipinski definition) is 2. The van der Waals surface area contributed by atoms with E-state index in [0.29, 0.717) is 6.54 Å². The molecule has 0 amide bonds. The molecule has 0 radical (unpaired) electrons. The van der Waals surface area contributed by atoms with E-state index < -0.39 is 0 Å². The molecule has 3 heteroatoms. The predicted molar refractivity (Wildman–Crippen MR) is 72.9 cm³/mol. The first-order valence-electron chi connectivity index (χ1n) is 5.76. The second-order valence-electron chi connectivity index (χ2n) is 3.61. The van der Waals surface area contributed by atoms with Crippen molar-refractivity contribution in [2.24, 2.45) is 4.99 Å². The van der Waals surface area contributed by atoms with Crippen molar-refractivity contribution in [3.8, 4) is 12.3 Å². The van der Waals surface area contributed by atoms with Crippen molar-refractivity contribution >= 4 is 5.96 Å². The smallest absolute Gasteiger partial charge is 0.192 e. The van der Waals surface area contributed by atoms with E-state index >= 15 is 0 Å². The number of nitrogens with zero attached hydrogens (tertiary/aromatic N) is 1. The minimum Gasteiger partial charge on any atom is -0.352 e. The van der Waals surface area contributed by atoms with E-state index in [-0.39, 0.29) is 0 Å². The lowest BCUT2D eigenvalue weighted by atomic mass is 10.1. The summed E-state index contributed by atoms with van der Waals surface area (Å²) in [6.07, 6.45) is 6.23. The normalized spacial score (nSPS) is 10.8. The van der Waals surface area contributed by atoms with Crippen molar-refractivity contribution < 1.29 is 0 Å². The molecule has 0 saturated carbocycles. The number of rotatable bonds is 4. The summed E-state index contributed by atoms with van der Waals surface area (Å²) in [5.74, 6) is 3.25. The molecule has 1 aromatic rings. The second-order valence-corrected chi connectivity index (χ2v) is 3.61. The molecule has 0 fully saturated rings. The van der Waals surface area contributed by atoms with Crippen molar-refractivity contribution in [3.63, 3.8) is 0 Å². The van der Waals surface area contributed by atoms with Crippen LogP contribution in [0.15, 0.2) is 29.3 Å².